The number of ether oxygens (including phenoxy) is 4. The van der Waals surface area contributed by atoms with Crippen LogP contribution in [0.25, 0.3) is 0 Å². The molecule has 200 valence electrons. The molecule has 5 atom stereocenters. The lowest BCUT2D eigenvalue weighted by Crippen LogP contribution is -2.58. The molecule has 1 aliphatic rings. The Balaban J connectivity index is 1.76. The van der Waals surface area contributed by atoms with E-state index in [1.165, 1.54) is 0 Å². The van der Waals surface area contributed by atoms with Gasteiger partial charge in [-0.25, -0.2) is 13.2 Å². The van der Waals surface area contributed by atoms with E-state index in [0.29, 0.717) is 0 Å². The van der Waals surface area contributed by atoms with Gasteiger partial charge in [0.2, 0.25) is 34.8 Å². The number of aliphatic hydroxyl groups excluding tert-OH is 3. The molecule has 1 heterocycles. The van der Waals surface area contributed by atoms with E-state index >= 15 is 0 Å². The molecule has 35 heavy (non-hydrogen) atoms. The van der Waals surface area contributed by atoms with Crippen molar-refractivity contribution in [2.45, 2.75) is 43.5 Å². The highest BCUT2D eigenvalue weighted by Crippen LogP contribution is 2.37. The minimum absolute atomic E-state index is 0.270. The Labute approximate surface area is 194 Å². The molecule has 1 fully saturated rings. The summed E-state index contributed by atoms with van der Waals surface area (Å²) in [6.45, 7) is -1.02. The molecule has 0 unspecified atom stereocenters. The first-order chi connectivity index (χ1) is 16.2. The quantitative estimate of drug-likeness (QED) is 0.0490. The molecule has 1 aromatic rings. The summed E-state index contributed by atoms with van der Waals surface area (Å²) in [5, 5.41) is 29.7. The molecule has 0 saturated carbocycles. The third-order valence-electron chi connectivity index (χ3n) is 4.72. The molecule has 1 saturated heterocycles. The first-order valence-electron chi connectivity index (χ1n) is 9.90. The van der Waals surface area contributed by atoms with Crippen molar-refractivity contribution in [3.05, 3.63) is 29.1 Å². The summed E-state index contributed by atoms with van der Waals surface area (Å²) in [5.41, 5.74) is 0. The van der Waals surface area contributed by atoms with E-state index in [4.69, 9.17) is 24.0 Å². The second-order valence-corrected chi connectivity index (χ2v) is 9.07. The summed E-state index contributed by atoms with van der Waals surface area (Å²) in [6, 6.07) is 0. The maximum absolute atomic E-state index is 13.5. The molecule has 0 aromatic heterocycles. The van der Waals surface area contributed by atoms with E-state index in [0.717, 1.165) is 0 Å². The van der Waals surface area contributed by atoms with Crippen molar-refractivity contribution in [1.29, 1.82) is 0 Å². The maximum atomic E-state index is 13.5. The van der Waals surface area contributed by atoms with Crippen LogP contribution in [0, 0.1) is 29.1 Å². The lowest BCUT2D eigenvalue weighted by atomic mass is 9.97. The lowest BCUT2D eigenvalue weighted by molar-refractivity contribution is -0.298. The van der Waals surface area contributed by atoms with Gasteiger partial charge >= 0.3 is 13.6 Å². The second-order valence-electron chi connectivity index (χ2n) is 7.30. The van der Waals surface area contributed by atoms with Crippen LogP contribution in [-0.4, -0.2) is 87.8 Å². The highest BCUT2D eigenvalue weighted by molar-refractivity contribution is 7.51. The fraction of sp³-hybridized carbons (Fsp3) is 0.611. The van der Waals surface area contributed by atoms with Crippen molar-refractivity contribution in [3.8, 4) is 5.75 Å². The monoisotopic (exact) mass is 540 g/mol. The summed E-state index contributed by atoms with van der Waals surface area (Å²) in [7, 11) is -4.42. The van der Waals surface area contributed by atoms with Crippen molar-refractivity contribution in [3.63, 3.8) is 0 Å². The Bertz CT molecular complexity index is 917. The molecule has 5 N–H and O–H groups in total. The average Bonchev–Trinajstić information content (AvgIpc) is 2.79. The minimum atomic E-state index is -4.42. The summed E-state index contributed by atoms with van der Waals surface area (Å²) >= 11 is 0. The number of carbonyl (C=O) groups excluding carboxylic acids is 1. The van der Waals surface area contributed by atoms with E-state index in [2.05, 4.69) is 4.74 Å². The largest absolute Gasteiger partial charge is 0.420 e. The first-order valence-corrected chi connectivity index (χ1v) is 11.7. The van der Waals surface area contributed by atoms with Crippen LogP contribution in [0.5, 0.6) is 5.75 Å². The number of hydrogen-bond donors (Lipinski definition) is 5. The normalized spacial score (nSPS) is 25.0. The van der Waals surface area contributed by atoms with E-state index < -0.39 is 98.3 Å². The third kappa shape index (κ3) is 7.87. The van der Waals surface area contributed by atoms with Gasteiger partial charge in [-0.05, 0) is 6.42 Å². The number of halogens is 5. The Morgan fingerprint density at radius 3 is 2.00 bits per heavy atom. The van der Waals surface area contributed by atoms with Gasteiger partial charge in [0.15, 0.2) is 6.29 Å². The van der Waals surface area contributed by atoms with Crippen molar-refractivity contribution in [2.75, 3.05) is 26.0 Å². The number of benzene rings is 1. The van der Waals surface area contributed by atoms with Gasteiger partial charge in [-0.15, -0.1) is 0 Å². The van der Waals surface area contributed by atoms with Gasteiger partial charge in [0.05, 0.1) is 38.5 Å². The molecule has 0 radical (unpaired) electrons. The van der Waals surface area contributed by atoms with Crippen LogP contribution >= 0.6 is 7.60 Å². The summed E-state index contributed by atoms with van der Waals surface area (Å²) in [6.07, 6.45) is -9.53. The van der Waals surface area contributed by atoms with Crippen LogP contribution in [-0.2, 0) is 23.6 Å². The molecule has 0 amide bonds. The van der Waals surface area contributed by atoms with Crippen molar-refractivity contribution in [1.82, 2.24) is 0 Å². The standard InChI is InChI=1S/C18H22F5O11P/c19-9-10(20)12(22)17(13(23)11(9)21)34-8(24)1-3-31-4-5-32-18-16(27)15(26)14(25)7(33-18)2-6-35(28,29)30/h7,14-16,18,25-27H,1-6H2,(H2,28,29,30)/t7-,14-,15+,16+,18+/m1/s1. The zero-order valence-corrected chi connectivity index (χ0v) is 18.5. The smallest absolute Gasteiger partial charge is 0.325 e. The summed E-state index contributed by atoms with van der Waals surface area (Å²) in [4.78, 5) is 29.5. The van der Waals surface area contributed by atoms with Crippen LogP contribution < -0.4 is 4.74 Å². The topological polar surface area (TPSA) is 172 Å². The number of aliphatic hydroxyl groups is 3. The molecular formula is C18H22F5O11P. The molecule has 0 spiro atoms. The fourth-order valence-corrected chi connectivity index (χ4v) is 3.50. The number of rotatable bonds is 11. The van der Waals surface area contributed by atoms with E-state index in [-0.39, 0.29) is 19.6 Å². The van der Waals surface area contributed by atoms with Gasteiger partial charge < -0.3 is 44.1 Å². The lowest BCUT2D eigenvalue weighted by Gasteiger charge is -2.40. The number of esters is 1. The Morgan fingerprint density at radius 1 is 0.857 bits per heavy atom. The van der Waals surface area contributed by atoms with E-state index in [1.54, 1.807) is 0 Å². The maximum Gasteiger partial charge on any atom is 0.325 e. The second kappa shape index (κ2) is 12.5. The molecule has 2 rings (SSSR count). The molecule has 1 aromatic carbocycles. The molecule has 1 aliphatic heterocycles. The van der Waals surface area contributed by atoms with Crippen LogP contribution in [0.4, 0.5) is 22.0 Å². The van der Waals surface area contributed by atoms with Gasteiger partial charge in [-0.1, -0.05) is 0 Å². The molecule has 11 nitrogen and oxygen atoms in total. The predicted octanol–water partition coefficient (Wildman–Crippen LogP) is 0.0862. The SMILES string of the molecule is O=C(CCOCCO[C@H]1O[C@H](CCP(=O)(O)O)[C@@H](O)[C@H](O)[C@@H]1O)Oc1c(F)c(F)c(F)c(F)c1F. The molecule has 0 bridgehead atoms. The highest BCUT2D eigenvalue weighted by Gasteiger charge is 2.44. The molecule has 17 heteroatoms. The van der Waals surface area contributed by atoms with E-state index in [9.17, 15) is 46.6 Å². The number of hydrogen-bond acceptors (Lipinski definition) is 9. The molecular weight excluding hydrogens is 518 g/mol. The predicted molar refractivity (Wildman–Crippen MR) is 101 cm³/mol. The zero-order valence-electron chi connectivity index (χ0n) is 17.7. The number of carbonyl (C=O) groups is 1. The van der Waals surface area contributed by atoms with Crippen LogP contribution in [0.15, 0.2) is 0 Å². The van der Waals surface area contributed by atoms with Crippen molar-refractivity contribution in [2.24, 2.45) is 0 Å². The Hall–Kier alpha value is -1.75. The summed E-state index contributed by atoms with van der Waals surface area (Å²) < 4.78 is 96.7. The van der Waals surface area contributed by atoms with E-state index in [1.807, 2.05) is 0 Å². The Morgan fingerprint density at radius 2 is 1.43 bits per heavy atom. The van der Waals surface area contributed by atoms with Gasteiger partial charge in [-0.2, -0.15) is 8.78 Å². The zero-order chi connectivity index (χ0) is 26.5. The molecule has 0 aliphatic carbocycles. The Kier molecular flexibility index (Phi) is 10.5. The van der Waals surface area contributed by atoms with Crippen LogP contribution in [0.1, 0.15) is 12.8 Å². The van der Waals surface area contributed by atoms with Gasteiger partial charge in [-0.3, -0.25) is 9.36 Å². The van der Waals surface area contributed by atoms with Gasteiger partial charge in [0.25, 0.3) is 0 Å². The minimum Gasteiger partial charge on any atom is -0.420 e. The van der Waals surface area contributed by atoms with Crippen LogP contribution in [0.3, 0.4) is 0 Å². The van der Waals surface area contributed by atoms with Crippen molar-refractivity contribution < 1.29 is 75.4 Å². The fourth-order valence-electron chi connectivity index (χ4n) is 2.91. The average molecular weight is 540 g/mol. The van der Waals surface area contributed by atoms with Crippen molar-refractivity contribution >= 4 is 13.6 Å². The highest BCUT2D eigenvalue weighted by atomic mass is 31.2. The van der Waals surface area contributed by atoms with Crippen LogP contribution in [0.2, 0.25) is 0 Å². The van der Waals surface area contributed by atoms with Gasteiger partial charge in [0, 0.05) is 0 Å². The third-order valence-corrected chi connectivity index (χ3v) is 5.56. The summed E-state index contributed by atoms with van der Waals surface area (Å²) in [5.74, 6) is -14.7. The van der Waals surface area contributed by atoms with Gasteiger partial charge in [0.1, 0.15) is 18.3 Å². The first kappa shape index (κ1) is 29.5.